The zero-order chi connectivity index (χ0) is 22.4. The molecule has 1 amide bonds. The third kappa shape index (κ3) is 3.57. The summed E-state index contributed by atoms with van der Waals surface area (Å²) in [5.74, 6) is 0.548. The van der Waals surface area contributed by atoms with E-state index in [0.717, 1.165) is 19.3 Å². The van der Waals surface area contributed by atoms with Gasteiger partial charge in [-0.2, -0.15) is 8.78 Å². The van der Waals surface area contributed by atoms with E-state index < -0.39 is 12.7 Å². The smallest absolute Gasteiger partial charge is 0.387 e. The molecule has 1 aromatic carbocycles. The Morgan fingerprint density at radius 2 is 2.16 bits per heavy atom. The summed E-state index contributed by atoms with van der Waals surface area (Å²) in [5, 5.41) is 12.4. The van der Waals surface area contributed by atoms with Gasteiger partial charge in [-0.3, -0.25) is 4.79 Å². The van der Waals surface area contributed by atoms with Crippen LogP contribution in [0, 0.1) is 22.7 Å². The second-order valence-electron chi connectivity index (χ2n) is 9.57. The van der Waals surface area contributed by atoms with Crippen molar-refractivity contribution in [1.82, 2.24) is 5.32 Å². The van der Waals surface area contributed by atoms with Crippen LogP contribution in [0.3, 0.4) is 0 Å². The standard InChI is InChI=1S/C23H31F2NO5/c1-22(2)13-11-15-18(14-5-4-6-16(29-3)19(14)31-21(24)25)30-10-8-23(15,12-13)20(22)26-17(28)7-9-27/h4-6,13,15,18,20-21,27H,7-12H2,1-3H3,(H,26,28)/t13-,15-,18-,20+,23-/m1/s1. The Morgan fingerprint density at radius 1 is 1.39 bits per heavy atom. The fourth-order valence-corrected chi connectivity index (χ4v) is 6.56. The molecule has 1 saturated heterocycles. The van der Waals surface area contributed by atoms with E-state index in [1.165, 1.54) is 7.11 Å². The number of para-hydroxylation sites is 1. The molecule has 4 rings (SSSR count). The predicted octanol–water partition coefficient (Wildman–Crippen LogP) is 3.68. The van der Waals surface area contributed by atoms with Gasteiger partial charge >= 0.3 is 6.61 Å². The lowest BCUT2D eigenvalue weighted by Gasteiger charge is -2.53. The molecule has 2 bridgehead atoms. The van der Waals surface area contributed by atoms with Gasteiger partial charge in [-0.1, -0.05) is 26.0 Å². The van der Waals surface area contributed by atoms with Crippen LogP contribution in [0.25, 0.3) is 0 Å². The van der Waals surface area contributed by atoms with Gasteiger partial charge in [0.15, 0.2) is 11.5 Å². The molecule has 8 heteroatoms. The number of carbonyl (C=O) groups excluding carboxylic acids is 1. The average molecular weight is 439 g/mol. The van der Waals surface area contributed by atoms with Crippen molar-refractivity contribution in [3.05, 3.63) is 23.8 Å². The molecule has 0 unspecified atom stereocenters. The van der Waals surface area contributed by atoms with Gasteiger partial charge in [0.2, 0.25) is 5.91 Å². The van der Waals surface area contributed by atoms with Crippen LogP contribution in [-0.2, 0) is 9.53 Å². The van der Waals surface area contributed by atoms with Crippen LogP contribution in [-0.4, -0.2) is 44.0 Å². The molecule has 3 aliphatic rings. The van der Waals surface area contributed by atoms with Crippen molar-refractivity contribution in [2.24, 2.45) is 22.7 Å². The molecular weight excluding hydrogens is 408 g/mol. The number of halogens is 2. The van der Waals surface area contributed by atoms with E-state index >= 15 is 0 Å². The van der Waals surface area contributed by atoms with Gasteiger partial charge in [-0.25, -0.2) is 0 Å². The summed E-state index contributed by atoms with van der Waals surface area (Å²) in [6.07, 6.45) is 2.31. The molecule has 3 fully saturated rings. The van der Waals surface area contributed by atoms with E-state index in [4.69, 9.17) is 14.2 Å². The number of hydrogen-bond acceptors (Lipinski definition) is 5. The molecule has 1 aliphatic heterocycles. The summed E-state index contributed by atoms with van der Waals surface area (Å²) in [6, 6.07) is 5.05. The molecule has 0 aromatic heterocycles. The van der Waals surface area contributed by atoms with Crippen LogP contribution in [0.15, 0.2) is 18.2 Å². The number of nitrogens with one attached hydrogen (secondary N) is 1. The summed E-state index contributed by atoms with van der Waals surface area (Å²) >= 11 is 0. The van der Waals surface area contributed by atoms with Gasteiger partial charge in [0.25, 0.3) is 0 Å². The minimum absolute atomic E-state index is 0.0185. The summed E-state index contributed by atoms with van der Waals surface area (Å²) in [6.45, 7) is 1.68. The highest BCUT2D eigenvalue weighted by Gasteiger charge is 2.68. The van der Waals surface area contributed by atoms with Crippen LogP contribution in [0.5, 0.6) is 11.5 Å². The first-order valence-corrected chi connectivity index (χ1v) is 10.9. The number of ether oxygens (including phenoxy) is 3. The number of amides is 1. The zero-order valence-corrected chi connectivity index (χ0v) is 18.2. The van der Waals surface area contributed by atoms with Gasteiger partial charge < -0.3 is 24.6 Å². The Balaban J connectivity index is 1.71. The Morgan fingerprint density at radius 3 is 2.84 bits per heavy atom. The monoisotopic (exact) mass is 439 g/mol. The number of alkyl halides is 2. The number of hydrogen-bond donors (Lipinski definition) is 2. The zero-order valence-electron chi connectivity index (χ0n) is 18.2. The fraction of sp³-hybridized carbons (Fsp3) is 0.696. The number of aliphatic hydroxyl groups excluding tert-OH is 1. The maximum absolute atomic E-state index is 13.2. The topological polar surface area (TPSA) is 77.0 Å². The van der Waals surface area contributed by atoms with E-state index in [-0.39, 0.29) is 53.2 Å². The lowest BCUT2D eigenvalue weighted by Crippen LogP contribution is -2.59. The Kier molecular flexibility index (Phi) is 5.89. The summed E-state index contributed by atoms with van der Waals surface area (Å²) in [5.41, 5.74) is 0.280. The fourth-order valence-electron chi connectivity index (χ4n) is 6.56. The van der Waals surface area contributed by atoms with Crippen LogP contribution in [0.4, 0.5) is 8.78 Å². The van der Waals surface area contributed by atoms with Crippen molar-refractivity contribution < 1.29 is 32.9 Å². The minimum Gasteiger partial charge on any atom is -0.493 e. The second-order valence-corrected chi connectivity index (χ2v) is 9.57. The number of fused-ring (bicyclic) bond motifs is 1. The van der Waals surface area contributed by atoms with Crippen molar-refractivity contribution in [3.63, 3.8) is 0 Å². The van der Waals surface area contributed by atoms with Crippen molar-refractivity contribution >= 4 is 5.91 Å². The predicted molar refractivity (Wildman–Crippen MR) is 109 cm³/mol. The second kappa shape index (κ2) is 8.20. The van der Waals surface area contributed by atoms with Gasteiger partial charge in [-0.15, -0.1) is 0 Å². The number of rotatable bonds is 7. The molecule has 6 nitrogen and oxygen atoms in total. The molecular formula is C23H31F2NO5. The molecule has 172 valence electrons. The third-order valence-electron chi connectivity index (χ3n) is 7.89. The number of carbonyl (C=O) groups is 1. The highest BCUT2D eigenvalue weighted by molar-refractivity contribution is 5.76. The molecule has 2 saturated carbocycles. The quantitative estimate of drug-likeness (QED) is 0.678. The van der Waals surface area contributed by atoms with Crippen LogP contribution < -0.4 is 14.8 Å². The first-order valence-electron chi connectivity index (χ1n) is 10.9. The maximum atomic E-state index is 13.2. The highest BCUT2D eigenvalue weighted by atomic mass is 19.3. The minimum atomic E-state index is -2.97. The number of aliphatic hydroxyl groups is 1. The highest BCUT2D eigenvalue weighted by Crippen LogP contribution is 2.71. The molecule has 2 aliphatic carbocycles. The molecule has 2 N–H and O–H groups in total. The Labute approximate surface area is 181 Å². The molecule has 5 atom stereocenters. The molecule has 1 spiro atoms. The lowest BCUT2D eigenvalue weighted by molar-refractivity contribution is -0.138. The van der Waals surface area contributed by atoms with Crippen LogP contribution >= 0.6 is 0 Å². The summed E-state index contributed by atoms with van der Waals surface area (Å²) in [7, 11) is 1.42. The SMILES string of the molecule is COc1cccc([C@H]2OCC[C@@]34C[C@@H](C[C@H]23)C(C)(C)[C@@H]4NC(=O)CCO)c1OC(F)F. The van der Waals surface area contributed by atoms with Crippen molar-refractivity contribution in [2.45, 2.75) is 58.3 Å². The summed E-state index contributed by atoms with van der Waals surface area (Å²) in [4.78, 5) is 12.4. The van der Waals surface area contributed by atoms with Crippen molar-refractivity contribution in [3.8, 4) is 11.5 Å². The van der Waals surface area contributed by atoms with E-state index in [2.05, 4.69) is 19.2 Å². The Hall–Kier alpha value is -1.93. The van der Waals surface area contributed by atoms with Crippen LogP contribution in [0.2, 0.25) is 0 Å². The lowest BCUT2D eigenvalue weighted by atomic mass is 9.58. The van der Waals surface area contributed by atoms with Gasteiger partial charge in [-0.05, 0) is 48.0 Å². The van der Waals surface area contributed by atoms with Crippen LogP contribution in [0.1, 0.15) is 51.2 Å². The molecule has 1 aromatic rings. The molecule has 0 radical (unpaired) electrons. The maximum Gasteiger partial charge on any atom is 0.387 e. The number of methoxy groups -OCH3 is 1. The van der Waals surface area contributed by atoms with Crippen molar-refractivity contribution in [1.29, 1.82) is 0 Å². The van der Waals surface area contributed by atoms with E-state index in [0.29, 0.717) is 18.1 Å². The van der Waals surface area contributed by atoms with Gasteiger partial charge in [0.05, 0.1) is 19.8 Å². The average Bonchev–Trinajstić information content (AvgIpc) is 3.20. The first kappa shape index (κ1) is 22.3. The van der Waals surface area contributed by atoms with Crippen molar-refractivity contribution in [2.75, 3.05) is 20.3 Å². The van der Waals surface area contributed by atoms with Gasteiger partial charge in [0.1, 0.15) is 0 Å². The normalized spacial score (nSPS) is 33.3. The summed E-state index contributed by atoms with van der Waals surface area (Å²) < 4.78 is 42.7. The van der Waals surface area contributed by atoms with E-state index in [1.54, 1.807) is 18.2 Å². The first-order chi connectivity index (χ1) is 14.7. The van der Waals surface area contributed by atoms with E-state index in [9.17, 15) is 18.7 Å². The molecule has 1 heterocycles. The Bertz CT molecular complexity index is 832. The van der Waals surface area contributed by atoms with Gasteiger partial charge in [0, 0.05) is 24.6 Å². The molecule has 31 heavy (non-hydrogen) atoms. The van der Waals surface area contributed by atoms with E-state index in [1.807, 2.05) is 0 Å². The number of benzene rings is 1. The third-order valence-corrected chi connectivity index (χ3v) is 7.89. The largest absolute Gasteiger partial charge is 0.493 e.